The lowest BCUT2D eigenvalue weighted by molar-refractivity contribution is -0.147. The highest BCUT2D eigenvalue weighted by Crippen LogP contribution is 2.19. The summed E-state index contributed by atoms with van der Waals surface area (Å²) < 4.78 is 9.86. The molecule has 1 aromatic heterocycles. The molecule has 1 aromatic carbocycles. The molecule has 1 amide bonds. The Morgan fingerprint density at radius 1 is 1.18 bits per heavy atom. The zero-order valence-corrected chi connectivity index (χ0v) is 16.9. The van der Waals surface area contributed by atoms with Crippen molar-refractivity contribution in [2.75, 3.05) is 13.7 Å². The van der Waals surface area contributed by atoms with E-state index in [1.165, 1.54) is 7.11 Å². The van der Waals surface area contributed by atoms with Crippen LogP contribution in [0.2, 0.25) is 0 Å². The minimum atomic E-state index is -0.784. The second-order valence-corrected chi connectivity index (χ2v) is 6.85. The molecule has 2 rings (SSSR count). The first-order chi connectivity index (χ1) is 13.3. The lowest BCUT2D eigenvalue weighted by atomic mass is 9.99. The minimum absolute atomic E-state index is 0.109. The van der Waals surface area contributed by atoms with Crippen molar-refractivity contribution in [3.8, 4) is 0 Å². The number of pyridine rings is 1. The second kappa shape index (κ2) is 9.30. The van der Waals surface area contributed by atoms with E-state index in [0.29, 0.717) is 17.7 Å². The first-order valence-corrected chi connectivity index (χ1v) is 9.19. The predicted octanol–water partition coefficient (Wildman–Crippen LogP) is 2.71. The Labute approximate surface area is 164 Å². The van der Waals surface area contributed by atoms with Gasteiger partial charge in [-0.1, -0.05) is 31.9 Å². The van der Waals surface area contributed by atoms with Crippen LogP contribution >= 0.6 is 0 Å². The molecule has 150 valence electrons. The largest absolute Gasteiger partial charge is 0.467 e. The van der Waals surface area contributed by atoms with Gasteiger partial charge in [0.05, 0.1) is 23.9 Å². The Morgan fingerprint density at radius 2 is 1.89 bits per heavy atom. The zero-order valence-electron chi connectivity index (χ0n) is 16.9. The summed E-state index contributed by atoms with van der Waals surface area (Å²) in [6.07, 6.45) is 0.682. The zero-order chi connectivity index (χ0) is 20.8. The van der Waals surface area contributed by atoms with Crippen molar-refractivity contribution < 1.29 is 23.9 Å². The van der Waals surface area contributed by atoms with Crippen molar-refractivity contribution in [3.05, 3.63) is 41.1 Å². The molecule has 1 N–H and O–H groups in total. The summed E-state index contributed by atoms with van der Waals surface area (Å²) >= 11 is 0. The lowest BCUT2D eigenvalue weighted by Gasteiger charge is -2.21. The monoisotopic (exact) mass is 386 g/mol. The van der Waals surface area contributed by atoms with Crippen LogP contribution in [0.3, 0.4) is 0 Å². The van der Waals surface area contributed by atoms with Gasteiger partial charge in [0.25, 0.3) is 5.91 Å². The number of nitrogens with zero attached hydrogens (tertiary/aromatic N) is 1. The second-order valence-electron chi connectivity index (χ2n) is 6.85. The number of nitrogens with one attached hydrogen (secondary N) is 1. The van der Waals surface area contributed by atoms with Crippen molar-refractivity contribution in [2.24, 2.45) is 5.92 Å². The average molecular weight is 386 g/mol. The van der Waals surface area contributed by atoms with Crippen LogP contribution in [0.1, 0.15) is 41.9 Å². The van der Waals surface area contributed by atoms with Crippen LogP contribution in [0.25, 0.3) is 10.9 Å². The summed E-state index contributed by atoms with van der Waals surface area (Å²) in [6.45, 7) is 6.92. The average Bonchev–Trinajstić information content (AvgIpc) is 2.68. The fourth-order valence-corrected chi connectivity index (χ4v) is 2.82. The van der Waals surface area contributed by atoms with Crippen molar-refractivity contribution in [2.45, 2.75) is 40.2 Å². The lowest BCUT2D eigenvalue weighted by Crippen LogP contribution is -2.47. The summed E-state index contributed by atoms with van der Waals surface area (Å²) in [5, 5.41) is 3.39. The van der Waals surface area contributed by atoms with Gasteiger partial charge in [-0.25, -0.2) is 9.59 Å². The van der Waals surface area contributed by atoms with E-state index in [2.05, 4.69) is 10.3 Å². The molecule has 0 radical (unpaired) electrons. The van der Waals surface area contributed by atoms with Crippen LogP contribution in [0, 0.1) is 19.8 Å². The van der Waals surface area contributed by atoms with Crippen LogP contribution in [-0.2, 0) is 19.1 Å². The van der Waals surface area contributed by atoms with Crippen molar-refractivity contribution in [3.63, 3.8) is 0 Å². The topological polar surface area (TPSA) is 94.6 Å². The van der Waals surface area contributed by atoms with Crippen LogP contribution in [0.15, 0.2) is 24.3 Å². The molecule has 0 aliphatic rings. The maximum absolute atomic E-state index is 12.4. The molecule has 7 nitrogen and oxygen atoms in total. The number of ether oxygens (including phenoxy) is 2. The first kappa shape index (κ1) is 21.3. The van der Waals surface area contributed by atoms with E-state index < -0.39 is 30.5 Å². The normalized spacial score (nSPS) is 12.9. The SMILES string of the molecule is CCC(C)C(NC(=O)COC(=O)c1cc2cc(C)ccc2nc1C)C(=O)OC. The molecule has 0 spiro atoms. The Bertz CT molecular complexity index is 894. The number of esters is 2. The molecular formula is C21H26N2O5. The van der Waals surface area contributed by atoms with Crippen LogP contribution in [0.5, 0.6) is 0 Å². The predicted molar refractivity (Wildman–Crippen MR) is 105 cm³/mol. The van der Waals surface area contributed by atoms with E-state index in [0.717, 1.165) is 16.5 Å². The molecular weight excluding hydrogens is 360 g/mol. The van der Waals surface area contributed by atoms with Crippen molar-refractivity contribution >= 4 is 28.7 Å². The molecule has 0 saturated carbocycles. The summed E-state index contributed by atoms with van der Waals surface area (Å²) in [6, 6.07) is 6.70. The van der Waals surface area contributed by atoms with Gasteiger partial charge in [-0.2, -0.15) is 0 Å². The summed E-state index contributed by atoms with van der Waals surface area (Å²) in [5.74, 6) is -1.84. The van der Waals surface area contributed by atoms with Gasteiger partial charge in [0.2, 0.25) is 0 Å². The highest BCUT2D eigenvalue weighted by molar-refractivity contribution is 5.96. The Morgan fingerprint density at radius 3 is 2.54 bits per heavy atom. The highest BCUT2D eigenvalue weighted by Gasteiger charge is 2.27. The van der Waals surface area contributed by atoms with Gasteiger partial charge in [-0.3, -0.25) is 9.78 Å². The highest BCUT2D eigenvalue weighted by atomic mass is 16.5. The third-order valence-corrected chi connectivity index (χ3v) is 4.70. The molecule has 2 atom stereocenters. The number of benzene rings is 1. The molecule has 0 aliphatic heterocycles. The molecule has 0 aliphatic carbocycles. The fraction of sp³-hybridized carbons (Fsp3) is 0.429. The number of amides is 1. The maximum atomic E-state index is 12.4. The number of hydrogen-bond donors (Lipinski definition) is 1. The van der Waals surface area contributed by atoms with E-state index in [1.54, 1.807) is 13.0 Å². The molecule has 7 heteroatoms. The van der Waals surface area contributed by atoms with Crippen LogP contribution in [0.4, 0.5) is 0 Å². The minimum Gasteiger partial charge on any atom is -0.467 e. The number of carbonyl (C=O) groups excluding carboxylic acids is 3. The van der Waals surface area contributed by atoms with E-state index in [9.17, 15) is 14.4 Å². The van der Waals surface area contributed by atoms with Gasteiger partial charge in [-0.15, -0.1) is 0 Å². The molecule has 0 fully saturated rings. The molecule has 1 heterocycles. The fourth-order valence-electron chi connectivity index (χ4n) is 2.82. The van der Waals surface area contributed by atoms with Crippen LogP contribution < -0.4 is 5.32 Å². The standard InChI is InChI=1S/C21H26N2O5/c1-6-13(3)19(21(26)27-5)23-18(24)11-28-20(25)16-10-15-9-12(2)7-8-17(15)22-14(16)4/h7-10,13,19H,6,11H2,1-5H3,(H,23,24). The van der Waals surface area contributed by atoms with Crippen molar-refractivity contribution in [1.29, 1.82) is 0 Å². The smallest absolute Gasteiger partial charge is 0.340 e. The number of hydrogen-bond acceptors (Lipinski definition) is 6. The number of aryl methyl sites for hydroxylation is 2. The van der Waals surface area contributed by atoms with Gasteiger partial charge in [-0.05, 0) is 38.0 Å². The third kappa shape index (κ3) is 5.06. The van der Waals surface area contributed by atoms with Gasteiger partial charge in [0.15, 0.2) is 6.61 Å². The summed E-state index contributed by atoms with van der Waals surface area (Å²) in [7, 11) is 1.26. The van der Waals surface area contributed by atoms with Gasteiger partial charge >= 0.3 is 11.9 Å². The summed E-state index contributed by atoms with van der Waals surface area (Å²) in [4.78, 5) is 40.9. The molecule has 28 heavy (non-hydrogen) atoms. The van der Waals surface area contributed by atoms with E-state index in [-0.39, 0.29) is 5.92 Å². The number of fused-ring (bicyclic) bond motifs is 1. The third-order valence-electron chi connectivity index (χ3n) is 4.70. The van der Waals surface area contributed by atoms with Gasteiger partial charge in [0.1, 0.15) is 6.04 Å². The quantitative estimate of drug-likeness (QED) is 0.735. The van der Waals surface area contributed by atoms with Crippen LogP contribution in [-0.4, -0.2) is 42.6 Å². The van der Waals surface area contributed by atoms with Crippen molar-refractivity contribution in [1.82, 2.24) is 10.3 Å². The van der Waals surface area contributed by atoms with Gasteiger partial charge in [0, 0.05) is 5.39 Å². The number of carbonyl (C=O) groups is 3. The molecule has 2 unspecified atom stereocenters. The first-order valence-electron chi connectivity index (χ1n) is 9.19. The summed E-state index contributed by atoms with van der Waals surface area (Å²) in [5.41, 5.74) is 2.66. The maximum Gasteiger partial charge on any atom is 0.340 e. The molecule has 0 saturated heterocycles. The molecule has 0 bridgehead atoms. The number of methoxy groups -OCH3 is 1. The van der Waals surface area contributed by atoms with Gasteiger partial charge < -0.3 is 14.8 Å². The Balaban J connectivity index is 2.06. The Kier molecular flexibility index (Phi) is 7.09. The van der Waals surface area contributed by atoms with E-state index in [4.69, 9.17) is 9.47 Å². The number of aromatic nitrogens is 1. The van der Waals surface area contributed by atoms with E-state index >= 15 is 0 Å². The number of rotatable bonds is 7. The van der Waals surface area contributed by atoms with E-state index in [1.807, 2.05) is 39.0 Å². The Hall–Kier alpha value is -2.96. The molecule has 2 aromatic rings.